The fraction of sp³-hybridized carbons (Fsp3) is 0.105. The van der Waals surface area contributed by atoms with Crippen molar-refractivity contribution in [1.29, 1.82) is 0 Å². The summed E-state index contributed by atoms with van der Waals surface area (Å²) in [5.41, 5.74) is 2.67. The summed E-state index contributed by atoms with van der Waals surface area (Å²) < 4.78 is 6.48. The van der Waals surface area contributed by atoms with Gasteiger partial charge in [-0.25, -0.2) is 4.99 Å². The van der Waals surface area contributed by atoms with Crippen LogP contribution in [0.2, 0.25) is 0 Å². The van der Waals surface area contributed by atoms with E-state index in [9.17, 15) is 5.11 Å². The lowest BCUT2D eigenvalue weighted by Crippen LogP contribution is -1.80. The minimum absolute atomic E-state index is 0.172. The molecule has 0 atom stereocenters. The van der Waals surface area contributed by atoms with Crippen molar-refractivity contribution in [3.05, 3.63) is 65.5 Å². The molecule has 4 rings (SSSR count). The number of phenols is 1. The molecule has 0 saturated heterocycles. The highest BCUT2D eigenvalue weighted by Crippen LogP contribution is 2.30. The van der Waals surface area contributed by atoms with Crippen LogP contribution >= 0.6 is 23.1 Å². The van der Waals surface area contributed by atoms with Gasteiger partial charge in [0, 0.05) is 17.3 Å². The van der Waals surface area contributed by atoms with E-state index < -0.39 is 0 Å². The lowest BCUT2D eigenvalue weighted by Gasteiger charge is -1.96. The van der Waals surface area contributed by atoms with E-state index in [2.05, 4.69) is 25.4 Å². The maximum atomic E-state index is 9.75. The Labute approximate surface area is 169 Å². The van der Waals surface area contributed by atoms with E-state index in [1.807, 2.05) is 37.3 Å². The number of aliphatic imine (C=N–C) groups is 1. The van der Waals surface area contributed by atoms with Gasteiger partial charge in [0.1, 0.15) is 5.75 Å². The van der Waals surface area contributed by atoms with Gasteiger partial charge in [0.25, 0.3) is 0 Å². The van der Waals surface area contributed by atoms with Crippen LogP contribution in [-0.4, -0.2) is 31.7 Å². The van der Waals surface area contributed by atoms with E-state index in [4.69, 9.17) is 4.42 Å². The molecule has 0 radical (unpaired) electrons. The highest BCUT2D eigenvalue weighted by atomic mass is 32.2. The molecular formula is C19H15N5O2S2. The van der Waals surface area contributed by atoms with E-state index in [1.54, 1.807) is 24.4 Å². The molecule has 7 nitrogen and oxygen atoms in total. The number of aromatic hydroxyl groups is 1. The maximum absolute atomic E-state index is 9.75. The fourth-order valence-electron chi connectivity index (χ4n) is 2.36. The summed E-state index contributed by atoms with van der Waals surface area (Å²) in [5, 5.41) is 26.6. The van der Waals surface area contributed by atoms with Crippen molar-refractivity contribution in [2.45, 2.75) is 17.0 Å². The summed E-state index contributed by atoms with van der Waals surface area (Å²) in [6, 6.07) is 14.9. The van der Waals surface area contributed by atoms with Crippen LogP contribution < -0.4 is 0 Å². The second-order valence-electron chi connectivity index (χ2n) is 5.83. The van der Waals surface area contributed by atoms with Crippen LogP contribution in [0.3, 0.4) is 0 Å². The number of phenolic OH excluding ortho intramolecular Hbond substituents is 1. The molecule has 0 fully saturated rings. The molecule has 0 spiro atoms. The zero-order valence-corrected chi connectivity index (χ0v) is 16.4. The molecule has 9 heteroatoms. The molecule has 0 aliphatic carbocycles. The normalized spacial score (nSPS) is 11.3. The Morgan fingerprint density at radius 1 is 1.11 bits per heavy atom. The maximum Gasteiger partial charge on any atom is 0.247 e. The van der Waals surface area contributed by atoms with Gasteiger partial charge in [-0.05, 0) is 31.2 Å². The molecule has 0 aliphatic heterocycles. The second kappa shape index (κ2) is 8.32. The van der Waals surface area contributed by atoms with Gasteiger partial charge >= 0.3 is 0 Å². The van der Waals surface area contributed by atoms with Gasteiger partial charge in [-0.1, -0.05) is 52.9 Å². The Hall–Kier alpha value is -3.04. The predicted molar refractivity (Wildman–Crippen MR) is 109 cm³/mol. The van der Waals surface area contributed by atoms with Crippen LogP contribution in [0.25, 0.3) is 11.5 Å². The fourth-order valence-corrected chi connectivity index (χ4v) is 3.89. The van der Waals surface area contributed by atoms with Gasteiger partial charge in [-0.3, -0.25) is 0 Å². The van der Waals surface area contributed by atoms with Gasteiger partial charge in [-0.2, -0.15) is 0 Å². The van der Waals surface area contributed by atoms with Crippen molar-refractivity contribution in [3.63, 3.8) is 0 Å². The molecule has 0 saturated carbocycles. The van der Waals surface area contributed by atoms with Crippen molar-refractivity contribution in [2.24, 2.45) is 4.99 Å². The first-order chi connectivity index (χ1) is 13.7. The summed E-state index contributed by atoms with van der Waals surface area (Å²) in [6.45, 7) is 2.02. The van der Waals surface area contributed by atoms with E-state index in [-0.39, 0.29) is 5.75 Å². The number of benzene rings is 2. The van der Waals surface area contributed by atoms with Gasteiger partial charge in [0.15, 0.2) is 4.34 Å². The summed E-state index contributed by atoms with van der Waals surface area (Å²) in [7, 11) is 0. The van der Waals surface area contributed by atoms with E-state index in [0.717, 1.165) is 15.5 Å². The van der Waals surface area contributed by atoms with Gasteiger partial charge in [0.2, 0.25) is 16.9 Å². The van der Waals surface area contributed by atoms with Crippen molar-refractivity contribution in [2.75, 3.05) is 0 Å². The molecule has 2 heterocycles. The standard InChI is InChI=1S/C19H15N5O2S2/c1-12-5-4-7-13(9-12)17-22-21-16(26-17)11-27-19-24-23-18(28-19)20-10-14-6-2-3-8-15(14)25/h2-10,25H,11H2,1H3. The molecule has 4 aromatic rings. The quantitative estimate of drug-likeness (QED) is 0.366. The number of rotatable bonds is 6. The Balaban J connectivity index is 1.38. The number of para-hydroxylation sites is 1. The van der Waals surface area contributed by atoms with Crippen LogP contribution in [0.5, 0.6) is 5.75 Å². The number of nitrogens with zero attached hydrogens (tertiary/aromatic N) is 5. The van der Waals surface area contributed by atoms with E-state index in [0.29, 0.717) is 28.2 Å². The topological polar surface area (TPSA) is 97.3 Å². The van der Waals surface area contributed by atoms with E-state index in [1.165, 1.54) is 23.1 Å². The second-order valence-corrected chi connectivity index (χ2v) is 8.01. The van der Waals surface area contributed by atoms with Crippen molar-refractivity contribution in [1.82, 2.24) is 20.4 Å². The lowest BCUT2D eigenvalue weighted by atomic mass is 10.1. The van der Waals surface area contributed by atoms with Crippen molar-refractivity contribution >= 4 is 34.4 Å². The molecule has 0 unspecified atom stereocenters. The van der Waals surface area contributed by atoms with E-state index >= 15 is 0 Å². The third kappa shape index (κ3) is 4.44. The molecule has 2 aromatic heterocycles. The Morgan fingerprint density at radius 2 is 2.00 bits per heavy atom. The highest BCUT2D eigenvalue weighted by molar-refractivity contribution is 8.00. The molecule has 140 valence electrons. The van der Waals surface area contributed by atoms with Crippen LogP contribution in [0.15, 0.2) is 62.3 Å². The number of thioether (sulfide) groups is 1. The first-order valence-electron chi connectivity index (χ1n) is 8.35. The SMILES string of the molecule is Cc1cccc(-c2nnc(CSc3nnc(N=Cc4ccccc4O)s3)o2)c1. The minimum atomic E-state index is 0.172. The highest BCUT2D eigenvalue weighted by Gasteiger charge is 2.11. The van der Waals surface area contributed by atoms with Crippen LogP contribution in [0, 0.1) is 6.92 Å². The van der Waals surface area contributed by atoms with Crippen LogP contribution in [0.1, 0.15) is 17.0 Å². The predicted octanol–water partition coefficient (Wildman–Crippen LogP) is 4.65. The summed E-state index contributed by atoms with van der Waals surface area (Å²) in [6.07, 6.45) is 1.57. The first-order valence-corrected chi connectivity index (χ1v) is 10.2. The third-order valence-electron chi connectivity index (χ3n) is 3.70. The molecular weight excluding hydrogens is 394 g/mol. The Kier molecular flexibility index (Phi) is 5.45. The third-order valence-corrected chi connectivity index (χ3v) is 5.65. The molecule has 1 N–H and O–H groups in total. The molecule has 0 amide bonds. The summed E-state index contributed by atoms with van der Waals surface area (Å²) in [4.78, 5) is 4.26. The molecule has 0 bridgehead atoms. The summed E-state index contributed by atoms with van der Waals surface area (Å²) >= 11 is 2.81. The number of aryl methyl sites for hydroxylation is 1. The lowest BCUT2D eigenvalue weighted by molar-refractivity contribution is 0.474. The van der Waals surface area contributed by atoms with Gasteiger partial charge in [0.05, 0.1) is 5.75 Å². The van der Waals surface area contributed by atoms with Crippen LogP contribution in [0.4, 0.5) is 5.13 Å². The average Bonchev–Trinajstić information content (AvgIpc) is 3.35. The molecule has 28 heavy (non-hydrogen) atoms. The Morgan fingerprint density at radius 3 is 2.86 bits per heavy atom. The monoisotopic (exact) mass is 409 g/mol. The number of hydrogen-bond acceptors (Lipinski definition) is 9. The van der Waals surface area contributed by atoms with Crippen LogP contribution in [-0.2, 0) is 5.75 Å². The smallest absolute Gasteiger partial charge is 0.247 e. The largest absolute Gasteiger partial charge is 0.507 e. The molecule has 2 aromatic carbocycles. The zero-order valence-electron chi connectivity index (χ0n) is 14.8. The summed E-state index contributed by atoms with van der Waals surface area (Å²) in [5.74, 6) is 1.70. The first kappa shape index (κ1) is 18.3. The van der Waals surface area contributed by atoms with Crippen molar-refractivity contribution in [3.8, 4) is 17.2 Å². The average molecular weight is 409 g/mol. The number of hydrogen-bond donors (Lipinski definition) is 1. The van der Waals surface area contributed by atoms with Gasteiger partial charge < -0.3 is 9.52 Å². The zero-order chi connectivity index (χ0) is 19.3. The van der Waals surface area contributed by atoms with Crippen molar-refractivity contribution < 1.29 is 9.52 Å². The molecule has 0 aliphatic rings. The van der Waals surface area contributed by atoms with Gasteiger partial charge in [-0.15, -0.1) is 20.4 Å². The number of aromatic nitrogens is 4. The Bertz CT molecular complexity index is 1120. The minimum Gasteiger partial charge on any atom is -0.507 e.